The fourth-order valence-corrected chi connectivity index (χ4v) is 2.51. The Balaban J connectivity index is 1.63. The molecule has 3 N–H and O–H groups in total. The van der Waals surface area contributed by atoms with Crippen LogP contribution < -0.4 is 15.8 Å². The van der Waals surface area contributed by atoms with Gasteiger partial charge < -0.3 is 15.8 Å². The van der Waals surface area contributed by atoms with Crippen LogP contribution in [0.3, 0.4) is 0 Å². The van der Waals surface area contributed by atoms with Gasteiger partial charge in [0, 0.05) is 36.6 Å². The molecule has 2 aromatic carbocycles. The second-order valence-corrected chi connectivity index (χ2v) is 5.79. The molecule has 0 unspecified atom stereocenters. The number of carbonyl (C=O) groups is 1. The van der Waals surface area contributed by atoms with E-state index in [1.807, 2.05) is 49.1 Å². The molecule has 0 fully saturated rings. The summed E-state index contributed by atoms with van der Waals surface area (Å²) in [6.45, 7) is 2.70. The molecule has 6 heteroatoms. The number of aromatic nitrogens is 2. The van der Waals surface area contributed by atoms with Gasteiger partial charge in [0.2, 0.25) is 5.91 Å². The number of benzene rings is 2. The fourth-order valence-electron chi connectivity index (χ4n) is 2.51. The molecule has 0 saturated carbocycles. The summed E-state index contributed by atoms with van der Waals surface area (Å²) in [5.74, 6) is 0.781. The van der Waals surface area contributed by atoms with E-state index >= 15 is 0 Å². The summed E-state index contributed by atoms with van der Waals surface area (Å²) in [5, 5.41) is 7.69. The van der Waals surface area contributed by atoms with Crippen molar-refractivity contribution in [2.24, 2.45) is 12.8 Å². The molecule has 1 heterocycles. The Morgan fingerprint density at radius 3 is 2.60 bits per heavy atom. The Bertz CT molecular complexity index is 885. The van der Waals surface area contributed by atoms with Crippen molar-refractivity contribution in [3.05, 3.63) is 71.5 Å². The third-order valence-electron chi connectivity index (χ3n) is 3.81. The van der Waals surface area contributed by atoms with Crippen LogP contribution in [0.4, 0.5) is 5.69 Å². The molecule has 6 nitrogen and oxygen atoms in total. The van der Waals surface area contributed by atoms with Crippen LogP contribution >= 0.6 is 0 Å². The first-order valence-electron chi connectivity index (χ1n) is 7.92. The van der Waals surface area contributed by atoms with Crippen molar-refractivity contribution in [1.82, 2.24) is 9.78 Å². The number of nitrogens with two attached hydrogens (primary N) is 1. The van der Waals surface area contributed by atoms with Gasteiger partial charge in [-0.2, -0.15) is 5.10 Å². The second-order valence-electron chi connectivity index (χ2n) is 5.79. The molecule has 0 spiro atoms. The van der Waals surface area contributed by atoms with Crippen LogP contribution in [0.2, 0.25) is 0 Å². The van der Waals surface area contributed by atoms with Gasteiger partial charge in [0.1, 0.15) is 11.5 Å². The Morgan fingerprint density at radius 1 is 1.20 bits per heavy atom. The smallest absolute Gasteiger partial charge is 0.248 e. The van der Waals surface area contributed by atoms with Gasteiger partial charge in [0.15, 0.2) is 0 Å². The molecule has 0 aliphatic carbocycles. The number of nitrogens with zero attached hydrogens (tertiary/aromatic N) is 2. The lowest BCUT2D eigenvalue weighted by molar-refractivity contribution is 0.1000. The number of rotatable bonds is 6. The minimum absolute atomic E-state index is 0.419. The van der Waals surface area contributed by atoms with Crippen LogP contribution in [0.5, 0.6) is 11.5 Å². The lowest BCUT2D eigenvalue weighted by atomic mass is 10.2. The zero-order valence-electron chi connectivity index (χ0n) is 14.2. The normalized spacial score (nSPS) is 10.5. The number of primary amides is 1. The third kappa shape index (κ3) is 4.17. The molecule has 3 rings (SSSR count). The van der Waals surface area contributed by atoms with E-state index in [-0.39, 0.29) is 0 Å². The SMILES string of the molecule is Cc1nn(C)cc1CNc1ccc(Oc2cccc(C(N)=O)c2)cc1. The summed E-state index contributed by atoms with van der Waals surface area (Å²) in [6.07, 6.45) is 2.01. The van der Waals surface area contributed by atoms with Crippen LogP contribution in [0.1, 0.15) is 21.6 Å². The Kier molecular flexibility index (Phi) is 4.70. The number of carbonyl (C=O) groups excluding carboxylic acids is 1. The maximum absolute atomic E-state index is 11.2. The highest BCUT2D eigenvalue weighted by atomic mass is 16.5. The van der Waals surface area contributed by atoms with Crippen molar-refractivity contribution in [2.45, 2.75) is 13.5 Å². The molecule has 0 saturated heterocycles. The van der Waals surface area contributed by atoms with Crippen molar-refractivity contribution < 1.29 is 9.53 Å². The van der Waals surface area contributed by atoms with Gasteiger partial charge in [-0.15, -0.1) is 0 Å². The predicted molar refractivity (Wildman–Crippen MR) is 96.7 cm³/mol. The topological polar surface area (TPSA) is 82.2 Å². The second kappa shape index (κ2) is 7.09. The van der Waals surface area contributed by atoms with Crippen molar-refractivity contribution in [3.63, 3.8) is 0 Å². The first-order chi connectivity index (χ1) is 12.0. The van der Waals surface area contributed by atoms with E-state index in [0.29, 0.717) is 23.6 Å². The largest absolute Gasteiger partial charge is 0.457 e. The van der Waals surface area contributed by atoms with E-state index in [1.165, 1.54) is 0 Å². The molecular weight excluding hydrogens is 316 g/mol. The van der Waals surface area contributed by atoms with Crippen molar-refractivity contribution >= 4 is 11.6 Å². The summed E-state index contributed by atoms with van der Waals surface area (Å²) in [6, 6.07) is 14.4. The molecule has 25 heavy (non-hydrogen) atoms. The van der Waals surface area contributed by atoms with Crippen molar-refractivity contribution in [1.29, 1.82) is 0 Å². The maximum Gasteiger partial charge on any atom is 0.248 e. The fraction of sp³-hybridized carbons (Fsp3) is 0.158. The Morgan fingerprint density at radius 2 is 1.96 bits per heavy atom. The lowest BCUT2D eigenvalue weighted by Crippen LogP contribution is -2.10. The van der Waals surface area contributed by atoms with Gasteiger partial charge >= 0.3 is 0 Å². The van der Waals surface area contributed by atoms with Crippen LogP contribution in [-0.2, 0) is 13.6 Å². The molecule has 3 aromatic rings. The average molecular weight is 336 g/mol. The highest BCUT2D eigenvalue weighted by Gasteiger charge is 2.05. The Hall–Kier alpha value is -3.28. The summed E-state index contributed by atoms with van der Waals surface area (Å²) >= 11 is 0. The van der Waals surface area contributed by atoms with Gasteiger partial charge in [-0.25, -0.2) is 0 Å². The number of amides is 1. The zero-order chi connectivity index (χ0) is 17.8. The minimum Gasteiger partial charge on any atom is -0.457 e. The van der Waals surface area contributed by atoms with E-state index < -0.39 is 5.91 Å². The number of ether oxygens (including phenoxy) is 1. The molecule has 1 amide bonds. The van der Waals surface area contributed by atoms with Gasteiger partial charge in [-0.1, -0.05) is 6.07 Å². The quantitative estimate of drug-likeness (QED) is 0.724. The van der Waals surface area contributed by atoms with Gasteiger partial charge in [-0.3, -0.25) is 9.48 Å². The lowest BCUT2D eigenvalue weighted by Gasteiger charge is -2.09. The first kappa shape index (κ1) is 16.6. The summed E-state index contributed by atoms with van der Waals surface area (Å²) in [4.78, 5) is 11.2. The number of nitrogens with one attached hydrogen (secondary N) is 1. The number of hydrogen-bond acceptors (Lipinski definition) is 4. The standard InChI is InChI=1S/C19H20N4O2/c1-13-15(12-23(2)22-13)11-21-16-6-8-17(9-7-16)25-18-5-3-4-14(10-18)19(20)24/h3-10,12,21H,11H2,1-2H3,(H2,20,24). The van der Waals surface area contributed by atoms with Crippen molar-refractivity contribution in [3.8, 4) is 11.5 Å². The molecule has 0 radical (unpaired) electrons. The molecule has 128 valence electrons. The monoisotopic (exact) mass is 336 g/mol. The van der Waals surface area contributed by atoms with Crippen LogP contribution in [0, 0.1) is 6.92 Å². The van der Waals surface area contributed by atoms with E-state index in [4.69, 9.17) is 10.5 Å². The van der Waals surface area contributed by atoms with Gasteiger partial charge in [0.05, 0.1) is 5.69 Å². The van der Waals surface area contributed by atoms with E-state index in [0.717, 1.165) is 16.9 Å². The van der Waals surface area contributed by atoms with Crippen molar-refractivity contribution in [2.75, 3.05) is 5.32 Å². The molecule has 0 aliphatic heterocycles. The number of anilines is 1. The predicted octanol–water partition coefficient (Wildman–Crippen LogP) is 3.23. The number of hydrogen-bond donors (Lipinski definition) is 2. The van der Waals surface area contributed by atoms with E-state index in [1.54, 1.807) is 24.3 Å². The molecule has 1 aromatic heterocycles. The molecule has 0 bridgehead atoms. The Labute approximate surface area is 146 Å². The van der Waals surface area contributed by atoms with Crippen LogP contribution in [-0.4, -0.2) is 15.7 Å². The summed E-state index contributed by atoms with van der Waals surface area (Å²) in [7, 11) is 1.91. The van der Waals surface area contributed by atoms with E-state index in [2.05, 4.69) is 10.4 Å². The van der Waals surface area contributed by atoms with Crippen LogP contribution in [0.15, 0.2) is 54.7 Å². The summed E-state index contributed by atoms with van der Waals surface area (Å²) < 4.78 is 7.57. The maximum atomic E-state index is 11.2. The van der Waals surface area contributed by atoms with Gasteiger partial charge in [0.25, 0.3) is 0 Å². The zero-order valence-corrected chi connectivity index (χ0v) is 14.2. The molecule has 0 atom stereocenters. The van der Waals surface area contributed by atoms with E-state index in [9.17, 15) is 4.79 Å². The van der Waals surface area contributed by atoms with Crippen LogP contribution in [0.25, 0.3) is 0 Å². The third-order valence-corrected chi connectivity index (χ3v) is 3.81. The van der Waals surface area contributed by atoms with Gasteiger partial charge in [-0.05, 0) is 49.4 Å². The molecule has 0 aliphatic rings. The first-order valence-corrected chi connectivity index (χ1v) is 7.92. The molecular formula is C19H20N4O2. The number of aryl methyl sites for hydroxylation is 2. The summed E-state index contributed by atoms with van der Waals surface area (Å²) in [5.41, 5.74) is 8.86. The minimum atomic E-state index is -0.476. The highest BCUT2D eigenvalue weighted by molar-refractivity contribution is 5.93. The average Bonchev–Trinajstić information content (AvgIpc) is 2.92. The highest BCUT2D eigenvalue weighted by Crippen LogP contribution is 2.24.